The summed E-state index contributed by atoms with van der Waals surface area (Å²) >= 11 is 0. The Morgan fingerprint density at radius 1 is 0.765 bits per heavy atom. The summed E-state index contributed by atoms with van der Waals surface area (Å²) in [5, 5.41) is 9.51. The van der Waals surface area contributed by atoms with Crippen LogP contribution in [0.15, 0.2) is 12.2 Å². The lowest BCUT2D eigenvalue weighted by Gasteiger charge is -2.26. The van der Waals surface area contributed by atoms with Gasteiger partial charge in [0.05, 0.1) is 11.8 Å². The van der Waals surface area contributed by atoms with Crippen LogP contribution in [0.5, 0.6) is 0 Å². The van der Waals surface area contributed by atoms with Gasteiger partial charge in [-0.1, -0.05) is 122 Å². The Kier molecular flexibility index (Phi) is 19.0. The molecular formula is C30H54O4. The smallest absolute Gasteiger partial charge is 0.313 e. The van der Waals surface area contributed by atoms with Gasteiger partial charge in [-0.2, -0.15) is 0 Å². The number of carboxylic acids is 1. The van der Waals surface area contributed by atoms with Crippen molar-refractivity contribution in [3.63, 3.8) is 0 Å². The molecule has 3 unspecified atom stereocenters. The maximum atomic E-state index is 12.9. The summed E-state index contributed by atoms with van der Waals surface area (Å²) in [6.07, 6.45) is 28.4. The van der Waals surface area contributed by atoms with Crippen molar-refractivity contribution in [2.45, 2.75) is 155 Å². The molecule has 0 fully saturated rings. The zero-order chi connectivity index (χ0) is 24.9. The third-order valence-electron chi connectivity index (χ3n) is 7.30. The van der Waals surface area contributed by atoms with E-state index in [0.717, 1.165) is 32.1 Å². The molecule has 0 aromatic rings. The molecule has 1 aliphatic rings. The maximum Gasteiger partial charge on any atom is 0.313 e. The fraction of sp³-hybridized carbons (Fsp3) is 0.867. The van der Waals surface area contributed by atoms with Crippen molar-refractivity contribution in [2.75, 3.05) is 0 Å². The summed E-state index contributed by atoms with van der Waals surface area (Å²) in [5.74, 6) is -2.49. The molecule has 0 bridgehead atoms. The number of carbonyl (C=O) groups excluding carboxylic acids is 1. The van der Waals surface area contributed by atoms with Gasteiger partial charge in [-0.15, -0.1) is 0 Å². The lowest BCUT2D eigenvalue weighted by molar-refractivity contribution is -0.160. The normalized spacial score (nSPS) is 18.6. The van der Waals surface area contributed by atoms with Gasteiger partial charge in [-0.25, -0.2) is 0 Å². The molecule has 0 saturated heterocycles. The fourth-order valence-corrected chi connectivity index (χ4v) is 5.05. The molecule has 0 radical (unpaired) electrons. The topological polar surface area (TPSA) is 63.6 Å². The van der Waals surface area contributed by atoms with Crippen molar-refractivity contribution in [3.05, 3.63) is 12.2 Å². The highest BCUT2D eigenvalue weighted by Crippen LogP contribution is 2.28. The molecule has 0 amide bonds. The van der Waals surface area contributed by atoms with Crippen LogP contribution < -0.4 is 0 Å². The zero-order valence-electron chi connectivity index (χ0n) is 22.4. The number of allylic oxidation sites excluding steroid dienone is 1. The van der Waals surface area contributed by atoms with Gasteiger partial charge in [0.2, 0.25) is 0 Å². The number of unbranched alkanes of at least 4 members (excludes halogenated alkanes) is 15. The summed E-state index contributed by atoms with van der Waals surface area (Å²) in [4.78, 5) is 24.5. The number of ether oxygens (including phenoxy) is 1. The summed E-state index contributed by atoms with van der Waals surface area (Å²) in [5.41, 5.74) is 0. The average Bonchev–Trinajstić information content (AvgIpc) is 2.84. The first kappa shape index (κ1) is 30.7. The highest BCUT2D eigenvalue weighted by atomic mass is 16.5. The van der Waals surface area contributed by atoms with Crippen LogP contribution in [0.3, 0.4) is 0 Å². The molecule has 1 N–H and O–H groups in total. The minimum Gasteiger partial charge on any atom is -0.481 e. The van der Waals surface area contributed by atoms with Crippen molar-refractivity contribution in [1.82, 2.24) is 0 Å². The van der Waals surface area contributed by atoms with Crippen molar-refractivity contribution in [1.29, 1.82) is 0 Å². The second-order valence-corrected chi connectivity index (χ2v) is 10.4. The molecule has 4 nitrogen and oxygen atoms in total. The molecule has 4 heteroatoms. The van der Waals surface area contributed by atoms with E-state index in [-0.39, 0.29) is 12.1 Å². The summed E-state index contributed by atoms with van der Waals surface area (Å²) < 4.78 is 5.94. The van der Waals surface area contributed by atoms with Gasteiger partial charge >= 0.3 is 11.9 Å². The third kappa shape index (κ3) is 14.8. The van der Waals surface area contributed by atoms with Crippen LogP contribution in [0.25, 0.3) is 0 Å². The Labute approximate surface area is 210 Å². The maximum absolute atomic E-state index is 12.9. The summed E-state index contributed by atoms with van der Waals surface area (Å²) in [7, 11) is 0. The van der Waals surface area contributed by atoms with E-state index in [1.807, 2.05) is 6.08 Å². The Hall–Kier alpha value is -1.32. The Bertz CT molecular complexity index is 542. The van der Waals surface area contributed by atoms with Gasteiger partial charge in [0.1, 0.15) is 6.10 Å². The summed E-state index contributed by atoms with van der Waals surface area (Å²) in [6.45, 7) is 4.49. The molecular weight excluding hydrogens is 424 g/mol. The molecule has 0 saturated carbocycles. The number of carbonyl (C=O) groups is 2. The third-order valence-corrected chi connectivity index (χ3v) is 7.30. The fourth-order valence-electron chi connectivity index (χ4n) is 5.05. The minimum atomic E-state index is -0.885. The van der Waals surface area contributed by atoms with E-state index < -0.39 is 17.8 Å². The van der Waals surface area contributed by atoms with Crippen molar-refractivity contribution in [2.24, 2.45) is 11.8 Å². The number of hydrogen-bond acceptors (Lipinski definition) is 3. The predicted octanol–water partition coefficient (Wildman–Crippen LogP) is 9.02. The van der Waals surface area contributed by atoms with Crippen LogP contribution in [0.4, 0.5) is 0 Å². The first-order valence-electron chi connectivity index (χ1n) is 14.7. The summed E-state index contributed by atoms with van der Waals surface area (Å²) in [6, 6.07) is 0. The van der Waals surface area contributed by atoms with Crippen LogP contribution in [0, 0.1) is 11.8 Å². The van der Waals surface area contributed by atoms with E-state index in [1.165, 1.54) is 96.3 Å². The van der Waals surface area contributed by atoms with Crippen molar-refractivity contribution in [3.8, 4) is 0 Å². The number of rotatable bonds is 22. The monoisotopic (exact) mass is 478 g/mol. The number of aliphatic carboxylic acids is 1. The molecule has 1 rings (SSSR count). The van der Waals surface area contributed by atoms with Gasteiger partial charge in [-0.3, -0.25) is 9.59 Å². The van der Waals surface area contributed by atoms with E-state index in [1.54, 1.807) is 6.08 Å². The van der Waals surface area contributed by atoms with E-state index >= 15 is 0 Å². The Balaban J connectivity index is 2.35. The van der Waals surface area contributed by atoms with Crippen molar-refractivity contribution >= 4 is 11.9 Å². The van der Waals surface area contributed by atoms with E-state index in [0.29, 0.717) is 6.42 Å². The quantitative estimate of drug-likeness (QED) is 0.0957. The van der Waals surface area contributed by atoms with E-state index in [4.69, 9.17) is 4.74 Å². The van der Waals surface area contributed by atoms with Crippen LogP contribution in [0.2, 0.25) is 0 Å². The Morgan fingerprint density at radius 3 is 1.65 bits per heavy atom. The van der Waals surface area contributed by atoms with Gasteiger partial charge in [0.25, 0.3) is 0 Å². The molecule has 3 atom stereocenters. The highest BCUT2D eigenvalue weighted by Gasteiger charge is 2.35. The van der Waals surface area contributed by atoms with Gasteiger partial charge in [0, 0.05) is 0 Å². The predicted molar refractivity (Wildman–Crippen MR) is 142 cm³/mol. The molecule has 198 valence electrons. The highest BCUT2D eigenvalue weighted by molar-refractivity contribution is 5.83. The minimum absolute atomic E-state index is 0.0676. The van der Waals surface area contributed by atoms with Crippen molar-refractivity contribution < 1.29 is 19.4 Å². The molecule has 0 aliphatic heterocycles. The van der Waals surface area contributed by atoms with Gasteiger partial charge in [0.15, 0.2) is 0 Å². The average molecular weight is 479 g/mol. The van der Waals surface area contributed by atoms with Crippen LogP contribution in [-0.2, 0) is 14.3 Å². The second kappa shape index (κ2) is 21.0. The van der Waals surface area contributed by atoms with E-state index in [9.17, 15) is 14.7 Å². The second-order valence-electron chi connectivity index (χ2n) is 10.4. The first-order valence-corrected chi connectivity index (χ1v) is 14.7. The molecule has 0 aromatic heterocycles. The number of carboxylic acid groups (broad SMARTS) is 1. The number of esters is 1. The molecule has 1 aliphatic carbocycles. The van der Waals surface area contributed by atoms with Crippen LogP contribution in [0.1, 0.15) is 149 Å². The zero-order valence-corrected chi connectivity index (χ0v) is 22.4. The molecule has 0 spiro atoms. The first-order chi connectivity index (χ1) is 16.6. The molecule has 34 heavy (non-hydrogen) atoms. The lowest BCUT2D eigenvalue weighted by atomic mass is 9.84. The van der Waals surface area contributed by atoms with Gasteiger partial charge < -0.3 is 9.84 Å². The number of hydrogen-bond donors (Lipinski definition) is 1. The molecule has 0 aromatic carbocycles. The van der Waals surface area contributed by atoms with Crippen LogP contribution >= 0.6 is 0 Å². The SMILES string of the molecule is CCCCCCCCCCCCCC(CCCCCCCC)OC(=O)C1C=CCCC1C(=O)O. The van der Waals surface area contributed by atoms with Crippen LogP contribution in [-0.4, -0.2) is 23.1 Å². The standard InChI is InChI=1S/C30H54O4/c1-3-5-7-9-11-12-13-14-15-17-19-23-26(22-18-16-10-8-6-4-2)34-30(33)28-25-21-20-24-27(28)29(31)32/h21,25-28H,3-20,22-24H2,1-2H3,(H,31,32). The van der Waals surface area contributed by atoms with E-state index in [2.05, 4.69) is 13.8 Å². The largest absolute Gasteiger partial charge is 0.481 e. The van der Waals surface area contributed by atoms with Gasteiger partial charge in [-0.05, 0) is 38.5 Å². The molecule has 0 heterocycles. The lowest BCUT2D eigenvalue weighted by Crippen LogP contribution is -2.33. The Morgan fingerprint density at radius 2 is 1.21 bits per heavy atom.